The minimum absolute atomic E-state index is 0.0316. The maximum Gasteiger partial charge on any atom is 0.462 e. The molecule has 2 rings (SSSR count). The predicted octanol–water partition coefficient (Wildman–Crippen LogP) is 6.69. The van der Waals surface area contributed by atoms with Crippen molar-refractivity contribution in [3.63, 3.8) is 0 Å². The summed E-state index contributed by atoms with van der Waals surface area (Å²) in [5.74, 6) is -5.94. The lowest BCUT2D eigenvalue weighted by Gasteiger charge is -2.27. The van der Waals surface area contributed by atoms with Gasteiger partial charge in [0.1, 0.15) is 6.61 Å². The molecule has 32 heavy (non-hydrogen) atoms. The smallest absolute Gasteiger partial charge is 0.462 e. The highest BCUT2D eigenvalue weighted by Gasteiger charge is 2.73. The van der Waals surface area contributed by atoms with Gasteiger partial charge in [-0.25, -0.2) is 5.43 Å². The average molecular weight is 507 g/mol. The third-order valence-electron chi connectivity index (χ3n) is 3.83. The first-order chi connectivity index (χ1) is 14.8. The van der Waals surface area contributed by atoms with Crippen LogP contribution in [0.3, 0.4) is 0 Å². The zero-order valence-corrected chi connectivity index (χ0v) is 17.6. The van der Waals surface area contributed by atoms with Crippen LogP contribution in [0.5, 0.6) is 11.5 Å². The van der Waals surface area contributed by atoms with Crippen molar-refractivity contribution in [3.05, 3.63) is 57.6 Å². The lowest BCUT2D eigenvalue weighted by Crippen LogP contribution is -2.58. The molecule has 0 fully saturated rings. The van der Waals surface area contributed by atoms with Crippen molar-refractivity contribution in [2.24, 2.45) is 5.10 Å². The highest BCUT2D eigenvalue weighted by molar-refractivity contribution is 6.35. The molecule has 0 aromatic heterocycles. The Morgan fingerprint density at radius 2 is 1.62 bits per heavy atom. The first kappa shape index (κ1) is 25.9. The zero-order valence-electron chi connectivity index (χ0n) is 16.1. The second-order valence-corrected chi connectivity index (χ2v) is 7.02. The van der Waals surface area contributed by atoms with Gasteiger partial charge in [-0.15, -0.1) is 0 Å². The number of nitrogens with zero attached hydrogens (tertiary/aromatic N) is 1. The van der Waals surface area contributed by atoms with Crippen LogP contribution in [0.2, 0.25) is 10.0 Å². The molecule has 0 aliphatic rings. The van der Waals surface area contributed by atoms with Crippen LogP contribution in [-0.4, -0.2) is 31.0 Å². The second kappa shape index (κ2) is 10.0. The maximum atomic E-state index is 13.2. The van der Waals surface area contributed by atoms with Gasteiger partial charge in [0.05, 0.1) is 12.8 Å². The van der Waals surface area contributed by atoms with Crippen LogP contribution in [0, 0.1) is 0 Å². The van der Waals surface area contributed by atoms with E-state index in [-0.39, 0.29) is 30.3 Å². The molecule has 0 amide bonds. The summed E-state index contributed by atoms with van der Waals surface area (Å²) in [6.45, 7) is 1.87. The molecular formula is C19H15Cl2F7N2O2. The van der Waals surface area contributed by atoms with Crippen molar-refractivity contribution in [1.82, 2.24) is 5.43 Å². The van der Waals surface area contributed by atoms with E-state index in [2.05, 4.69) is 5.10 Å². The minimum Gasteiger partial charge on any atom is -0.490 e. The van der Waals surface area contributed by atoms with E-state index in [4.69, 9.17) is 32.7 Å². The Hall–Kier alpha value is -2.40. The summed E-state index contributed by atoms with van der Waals surface area (Å²) in [5.41, 5.74) is 1.22. The SMILES string of the molecule is CCOc1cc(/C=N/NC(F)(F)C(F)(F)C(F)(F)F)ccc1OCc1ccc(Cl)cc1Cl. The summed E-state index contributed by atoms with van der Waals surface area (Å²) < 4.78 is 99.6. The van der Waals surface area contributed by atoms with Crippen LogP contribution in [0.4, 0.5) is 30.7 Å². The largest absolute Gasteiger partial charge is 0.490 e. The molecule has 0 saturated carbocycles. The van der Waals surface area contributed by atoms with Crippen LogP contribution in [0.25, 0.3) is 0 Å². The van der Waals surface area contributed by atoms with E-state index in [9.17, 15) is 30.7 Å². The molecule has 0 bridgehead atoms. The number of benzene rings is 2. The number of alkyl halides is 7. The molecule has 0 saturated heterocycles. The monoisotopic (exact) mass is 506 g/mol. The predicted molar refractivity (Wildman–Crippen MR) is 105 cm³/mol. The molecule has 0 aliphatic carbocycles. The van der Waals surface area contributed by atoms with Gasteiger partial charge in [-0.05, 0) is 42.8 Å². The Balaban J connectivity index is 2.14. The van der Waals surface area contributed by atoms with Crippen molar-refractivity contribution in [1.29, 1.82) is 0 Å². The Labute approximate surface area is 187 Å². The quantitative estimate of drug-likeness (QED) is 0.178. The Bertz CT molecular complexity index is 969. The maximum absolute atomic E-state index is 13.2. The molecule has 0 spiro atoms. The van der Waals surface area contributed by atoms with Crippen LogP contribution in [0.1, 0.15) is 18.1 Å². The van der Waals surface area contributed by atoms with Crippen LogP contribution in [0.15, 0.2) is 41.5 Å². The third kappa shape index (κ3) is 6.10. The lowest BCUT2D eigenvalue weighted by molar-refractivity contribution is -0.361. The first-order valence-corrected chi connectivity index (χ1v) is 9.50. The topological polar surface area (TPSA) is 42.8 Å². The van der Waals surface area contributed by atoms with Crippen molar-refractivity contribution < 1.29 is 40.2 Å². The Morgan fingerprint density at radius 1 is 0.938 bits per heavy atom. The Morgan fingerprint density at radius 3 is 2.22 bits per heavy atom. The fraction of sp³-hybridized carbons (Fsp3) is 0.316. The highest BCUT2D eigenvalue weighted by Crippen LogP contribution is 2.45. The number of hydrazone groups is 1. The molecule has 0 unspecified atom stereocenters. The van der Waals surface area contributed by atoms with Gasteiger partial charge >= 0.3 is 18.1 Å². The van der Waals surface area contributed by atoms with Gasteiger partial charge < -0.3 is 9.47 Å². The normalized spacial score (nSPS) is 12.8. The van der Waals surface area contributed by atoms with Gasteiger partial charge in [0.25, 0.3) is 0 Å². The van der Waals surface area contributed by atoms with E-state index in [0.717, 1.165) is 0 Å². The molecule has 2 aromatic carbocycles. The lowest BCUT2D eigenvalue weighted by atomic mass is 10.2. The number of ether oxygens (including phenoxy) is 2. The highest BCUT2D eigenvalue weighted by atomic mass is 35.5. The van der Waals surface area contributed by atoms with Crippen molar-refractivity contribution in [2.45, 2.75) is 31.7 Å². The standard InChI is InChI=1S/C19H15Cl2F7N2O2/c1-2-31-16-7-11(9-29-30-19(27,28)17(22,23)18(24,25)26)3-6-15(16)32-10-12-4-5-13(20)8-14(12)21/h3-9,30H,2,10H2,1H3/b29-9+. The minimum atomic E-state index is -6.47. The number of hydrogen-bond donors (Lipinski definition) is 1. The molecular weight excluding hydrogens is 492 g/mol. The number of halogens is 9. The van der Waals surface area contributed by atoms with E-state index in [1.807, 2.05) is 0 Å². The number of hydrogen-bond acceptors (Lipinski definition) is 4. The molecule has 0 atom stereocenters. The summed E-state index contributed by atoms with van der Waals surface area (Å²) >= 11 is 11.9. The fourth-order valence-electron chi connectivity index (χ4n) is 2.22. The van der Waals surface area contributed by atoms with Crippen LogP contribution in [-0.2, 0) is 6.61 Å². The number of nitrogens with one attached hydrogen (secondary N) is 1. The summed E-state index contributed by atoms with van der Waals surface area (Å²) in [7, 11) is 0. The van der Waals surface area contributed by atoms with E-state index in [1.165, 1.54) is 24.3 Å². The molecule has 13 heteroatoms. The molecule has 0 aliphatic heterocycles. The first-order valence-electron chi connectivity index (χ1n) is 8.74. The van der Waals surface area contributed by atoms with Crippen LogP contribution >= 0.6 is 23.2 Å². The van der Waals surface area contributed by atoms with Crippen molar-refractivity contribution >= 4 is 29.4 Å². The molecule has 176 valence electrons. The van der Waals surface area contributed by atoms with Gasteiger partial charge in [0.2, 0.25) is 0 Å². The molecule has 2 aromatic rings. The van der Waals surface area contributed by atoms with Crippen molar-refractivity contribution in [3.8, 4) is 11.5 Å². The van der Waals surface area contributed by atoms with E-state index in [0.29, 0.717) is 27.2 Å². The van der Waals surface area contributed by atoms with Crippen LogP contribution < -0.4 is 14.9 Å². The second-order valence-electron chi connectivity index (χ2n) is 6.18. The average Bonchev–Trinajstić information content (AvgIpc) is 2.67. The number of rotatable bonds is 9. The van der Waals surface area contributed by atoms with E-state index in [1.54, 1.807) is 19.1 Å². The van der Waals surface area contributed by atoms with Gasteiger partial charge in [-0.1, -0.05) is 29.3 Å². The fourth-order valence-corrected chi connectivity index (χ4v) is 2.69. The van der Waals surface area contributed by atoms with Gasteiger partial charge in [0, 0.05) is 15.6 Å². The van der Waals surface area contributed by atoms with Gasteiger partial charge in [-0.3, -0.25) is 0 Å². The van der Waals surface area contributed by atoms with Gasteiger partial charge in [0.15, 0.2) is 11.5 Å². The summed E-state index contributed by atoms with van der Waals surface area (Å²) in [5, 5.41) is 3.60. The zero-order chi connectivity index (χ0) is 24.2. The van der Waals surface area contributed by atoms with E-state index >= 15 is 0 Å². The summed E-state index contributed by atoms with van der Waals surface area (Å²) in [6.07, 6.45) is -5.84. The summed E-state index contributed by atoms with van der Waals surface area (Å²) in [6, 6.07) is 3.06. The molecule has 4 nitrogen and oxygen atoms in total. The molecule has 1 N–H and O–H groups in total. The van der Waals surface area contributed by atoms with E-state index < -0.39 is 18.1 Å². The third-order valence-corrected chi connectivity index (χ3v) is 4.42. The van der Waals surface area contributed by atoms with Crippen molar-refractivity contribution in [2.75, 3.05) is 6.61 Å². The molecule has 0 heterocycles. The molecule has 0 radical (unpaired) electrons. The van der Waals surface area contributed by atoms with Gasteiger partial charge in [-0.2, -0.15) is 35.8 Å². The summed E-state index contributed by atoms with van der Waals surface area (Å²) in [4.78, 5) is 0. The Kier molecular flexibility index (Phi) is 8.11.